The Hall–Kier alpha value is -0.0400. The monoisotopic (exact) mass is 402 g/mol. The van der Waals surface area contributed by atoms with Crippen molar-refractivity contribution in [1.82, 2.24) is 5.32 Å². The molecule has 1 N–H and O–H groups in total. The van der Waals surface area contributed by atoms with E-state index >= 15 is 0 Å². The van der Waals surface area contributed by atoms with E-state index in [0.29, 0.717) is 0 Å². The fourth-order valence-corrected chi connectivity index (χ4v) is 0.479. The largest absolute Gasteiger partial charge is 0.317 e. The fraction of sp³-hybridized carbons (Fsp3) is 1.00. The highest BCUT2D eigenvalue weighted by molar-refractivity contribution is 4.39. The molecule has 0 amide bonds. The Morgan fingerprint density at radius 3 is 0.481 bits per heavy atom. The second-order valence-electron chi connectivity index (χ2n) is 1.75. The van der Waals surface area contributed by atoms with Gasteiger partial charge in [0.05, 0.1) is 0 Å². The summed E-state index contributed by atoms with van der Waals surface area (Å²) in [5.41, 5.74) is 0. The molecule has 0 fully saturated rings. The molecule has 1 nitrogen and oxygen atoms in total. The van der Waals surface area contributed by atoms with E-state index in [1.807, 2.05) is 138 Å². The van der Waals surface area contributed by atoms with Gasteiger partial charge in [0, 0.05) is 0 Å². The summed E-state index contributed by atoms with van der Waals surface area (Å²) in [5.74, 6) is 0. The molecule has 0 aliphatic carbocycles. The van der Waals surface area contributed by atoms with Gasteiger partial charge in [0.1, 0.15) is 0 Å². The van der Waals surface area contributed by atoms with Crippen molar-refractivity contribution < 1.29 is 0 Å². The first-order valence-corrected chi connectivity index (χ1v) is 13.1. The predicted molar refractivity (Wildman–Crippen MR) is 147 cm³/mol. The first-order chi connectivity index (χ1) is 13.4. The summed E-state index contributed by atoms with van der Waals surface area (Å²) in [6.45, 7) is 46.7. The molecule has 1 heteroatoms. The molecule has 0 aromatic heterocycles. The van der Waals surface area contributed by atoms with E-state index < -0.39 is 0 Å². The average molecular weight is 402 g/mol. The Labute approximate surface area is 183 Å². The lowest BCUT2D eigenvalue weighted by Gasteiger charge is -1.95. The van der Waals surface area contributed by atoms with Crippen LogP contribution in [0.15, 0.2) is 0 Å². The summed E-state index contributed by atoms with van der Waals surface area (Å²) in [6.07, 6.45) is 2.50. The zero-order valence-corrected chi connectivity index (χ0v) is 25.3. The molecule has 0 rings (SSSR count). The van der Waals surface area contributed by atoms with Crippen LogP contribution < -0.4 is 5.32 Å². The van der Waals surface area contributed by atoms with Crippen LogP contribution in [0.25, 0.3) is 0 Å². The number of hydrogen-bond acceptors (Lipinski definition) is 1. The van der Waals surface area contributed by atoms with Crippen molar-refractivity contribution in [1.29, 1.82) is 0 Å². The lowest BCUT2D eigenvalue weighted by atomic mass is 10.4. The normalized spacial score (nSPS) is 4.67. The van der Waals surface area contributed by atoms with E-state index in [4.69, 9.17) is 0 Å². The van der Waals surface area contributed by atoms with Crippen LogP contribution in [-0.4, -0.2) is 13.1 Å². The molecule has 0 aliphatic heterocycles. The lowest BCUT2D eigenvalue weighted by Crippen LogP contribution is -2.14. The summed E-state index contributed by atoms with van der Waals surface area (Å²) in [4.78, 5) is 0. The van der Waals surface area contributed by atoms with Crippen LogP contribution in [0.4, 0.5) is 0 Å². The maximum atomic E-state index is 3.28. The van der Waals surface area contributed by atoms with E-state index in [-0.39, 0.29) is 0 Å². The summed E-state index contributed by atoms with van der Waals surface area (Å²) in [6, 6.07) is 0. The Kier molecular flexibility index (Phi) is 1740. The molecular formula is C26H75N. The number of hydrogen-bond donors (Lipinski definition) is 1. The molecule has 0 radical (unpaired) electrons. The molecule has 27 heavy (non-hydrogen) atoms. The smallest absolute Gasteiger partial charge is 0.00516 e. The minimum Gasteiger partial charge on any atom is -0.317 e. The van der Waals surface area contributed by atoms with Gasteiger partial charge in [-0.1, -0.05) is 152 Å². The predicted octanol–water partition coefficient (Wildman–Crippen LogP) is 11.7. The van der Waals surface area contributed by atoms with Crippen molar-refractivity contribution in [2.24, 2.45) is 0 Å². The number of rotatable bonds is 4. The molecule has 0 unspecified atom stereocenters. The van der Waals surface area contributed by atoms with Crippen LogP contribution in [0, 0.1) is 0 Å². The van der Waals surface area contributed by atoms with Crippen molar-refractivity contribution in [3.05, 3.63) is 0 Å². The molecule has 0 spiro atoms. The van der Waals surface area contributed by atoms with Gasteiger partial charge in [-0.25, -0.2) is 0 Å². The topological polar surface area (TPSA) is 12.0 Å². The minimum atomic E-state index is 1.17. The highest BCUT2D eigenvalue weighted by Gasteiger charge is 1.76. The molecule has 0 aromatic carbocycles. The molecule has 0 aromatic rings. The quantitative estimate of drug-likeness (QED) is 0.461. The van der Waals surface area contributed by atoms with E-state index in [0.717, 1.165) is 0 Å². The van der Waals surface area contributed by atoms with Gasteiger partial charge in [-0.15, -0.1) is 0 Å². The van der Waals surface area contributed by atoms with Crippen LogP contribution >= 0.6 is 0 Å². The van der Waals surface area contributed by atoms with Crippen LogP contribution in [0.5, 0.6) is 0 Å². The SMILES string of the molecule is CC.CC.CC.CC.CC.CC.CC.CC.CC.CC.CCCNCCC. The second-order valence-corrected chi connectivity index (χ2v) is 1.75. The molecular weight excluding hydrogens is 326 g/mol. The van der Waals surface area contributed by atoms with Crippen molar-refractivity contribution in [2.45, 2.75) is 165 Å². The maximum absolute atomic E-state index is 3.28. The van der Waals surface area contributed by atoms with Crippen molar-refractivity contribution in [3.8, 4) is 0 Å². The van der Waals surface area contributed by atoms with Crippen LogP contribution in [-0.2, 0) is 0 Å². The Morgan fingerprint density at radius 2 is 0.407 bits per heavy atom. The van der Waals surface area contributed by atoms with Gasteiger partial charge in [-0.05, 0) is 25.9 Å². The van der Waals surface area contributed by atoms with Crippen LogP contribution in [0.2, 0.25) is 0 Å². The van der Waals surface area contributed by atoms with E-state index in [1.54, 1.807) is 0 Å². The molecule has 184 valence electrons. The third-order valence-electron chi connectivity index (χ3n) is 0.854. The number of nitrogens with one attached hydrogen (secondary N) is 1. The van der Waals surface area contributed by atoms with Gasteiger partial charge in [-0.2, -0.15) is 0 Å². The van der Waals surface area contributed by atoms with Gasteiger partial charge in [-0.3, -0.25) is 0 Å². The summed E-state index contributed by atoms with van der Waals surface area (Å²) in [7, 11) is 0. The Balaban J connectivity index is -0.0000000124. The average Bonchev–Trinajstić information content (AvgIpc) is 2.87. The maximum Gasteiger partial charge on any atom is -0.00516 e. The van der Waals surface area contributed by atoms with Gasteiger partial charge >= 0.3 is 0 Å². The van der Waals surface area contributed by atoms with E-state index in [1.165, 1.54) is 25.9 Å². The van der Waals surface area contributed by atoms with Crippen molar-refractivity contribution >= 4 is 0 Å². The third kappa shape index (κ3) is 950. The molecule has 0 bridgehead atoms. The third-order valence-corrected chi connectivity index (χ3v) is 0.854. The summed E-state index contributed by atoms with van der Waals surface area (Å²) < 4.78 is 0. The van der Waals surface area contributed by atoms with Crippen molar-refractivity contribution in [3.63, 3.8) is 0 Å². The standard InChI is InChI=1S/C6H15N.10C2H6/c1-3-5-7-6-4-2;10*1-2/h7H,3-6H2,1-2H3;10*1-2H3. The zero-order valence-electron chi connectivity index (χ0n) is 25.3. The minimum absolute atomic E-state index is 1.17. The fourth-order valence-electron chi connectivity index (χ4n) is 0.479. The summed E-state index contributed by atoms with van der Waals surface area (Å²) in [5, 5.41) is 3.28. The second kappa shape index (κ2) is 657. The van der Waals surface area contributed by atoms with Gasteiger partial charge < -0.3 is 5.32 Å². The molecule has 0 heterocycles. The Morgan fingerprint density at radius 1 is 0.296 bits per heavy atom. The molecule has 0 saturated heterocycles. The highest BCUT2D eigenvalue weighted by atomic mass is 14.8. The summed E-state index contributed by atoms with van der Waals surface area (Å²) >= 11 is 0. The molecule has 0 atom stereocenters. The van der Waals surface area contributed by atoms with E-state index in [9.17, 15) is 0 Å². The molecule has 0 saturated carbocycles. The van der Waals surface area contributed by atoms with Crippen LogP contribution in [0.1, 0.15) is 165 Å². The van der Waals surface area contributed by atoms with Gasteiger partial charge in [0.2, 0.25) is 0 Å². The highest BCUT2D eigenvalue weighted by Crippen LogP contribution is 1.71. The first-order valence-electron chi connectivity index (χ1n) is 13.1. The lowest BCUT2D eigenvalue weighted by molar-refractivity contribution is 0.662. The zero-order chi connectivity index (χ0) is 25.5. The van der Waals surface area contributed by atoms with E-state index in [2.05, 4.69) is 19.2 Å². The van der Waals surface area contributed by atoms with Gasteiger partial charge in [0.25, 0.3) is 0 Å². The van der Waals surface area contributed by atoms with Crippen LogP contribution in [0.3, 0.4) is 0 Å². The molecule has 0 aliphatic rings. The van der Waals surface area contributed by atoms with Gasteiger partial charge in [0.15, 0.2) is 0 Å². The Bertz CT molecular complexity index is 25.4. The van der Waals surface area contributed by atoms with Crippen molar-refractivity contribution in [2.75, 3.05) is 13.1 Å². The first kappa shape index (κ1) is 71.3.